The highest BCUT2D eigenvalue weighted by Gasteiger charge is 2.19. The first-order valence-corrected chi connectivity index (χ1v) is 6.57. The van der Waals surface area contributed by atoms with Gasteiger partial charge in [-0.25, -0.2) is 4.79 Å². The van der Waals surface area contributed by atoms with Gasteiger partial charge in [-0.3, -0.25) is 4.68 Å². The molecule has 0 aliphatic heterocycles. The molecule has 0 saturated carbocycles. The quantitative estimate of drug-likeness (QED) is 0.817. The molecule has 2 rings (SSSR count). The van der Waals surface area contributed by atoms with Gasteiger partial charge in [0.2, 0.25) is 0 Å². The minimum absolute atomic E-state index is 0.362. The molecule has 0 saturated heterocycles. The lowest BCUT2D eigenvalue weighted by atomic mass is 10.2. The SMILES string of the molecule is COC(=O)c1nn(CC(C)C)c2cccc(Br)c12. The van der Waals surface area contributed by atoms with Crippen molar-refractivity contribution in [2.45, 2.75) is 20.4 Å². The van der Waals surface area contributed by atoms with Gasteiger partial charge in [-0.2, -0.15) is 5.10 Å². The van der Waals surface area contributed by atoms with Gasteiger partial charge in [0.15, 0.2) is 5.69 Å². The van der Waals surface area contributed by atoms with Gasteiger partial charge in [0, 0.05) is 16.4 Å². The average Bonchev–Trinajstić information content (AvgIpc) is 2.68. The fourth-order valence-electron chi connectivity index (χ4n) is 1.91. The zero-order chi connectivity index (χ0) is 13.3. The predicted molar refractivity (Wildman–Crippen MR) is 73.6 cm³/mol. The molecular weight excluding hydrogens is 296 g/mol. The number of hydrogen-bond acceptors (Lipinski definition) is 3. The summed E-state index contributed by atoms with van der Waals surface area (Å²) in [5, 5.41) is 5.18. The molecule has 4 nitrogen and oxygen atoms in total. The Kier molecular flexibility index (Phi) is 3.71. The highest BCUT2D eigenvalue weighted by atomic mass is 79.9. The Balaban J connectivity index is 2.67. The summed E-state index contributed by atoms with van der Waals surface area (Å²) in [6.45, 7) is 5.00. The number of nitrogens with zero attached hydrogens (tertiary/aromatic N) is 2. The van der Waals surface area contributed by atoms with E-state index in [2.05, 4.69) is 34.9 Å². The van der Waals surface area contributed by atoms with E-state index in [4.69, 9.17) is 4.74 Å². The number of ether oxygens (including phenoxy) is 1. The summed E-state index contributed by atoms with van der Waals surface area (Å²) in [5.74, 6) is 0.0481. The number of fused-ring (bicyclic) bond motifs is 1. The van der Waals surface area contributed by atoms with E-state index in [0.29, 0.717) is 11.6 Å². The van der Waals surface area contributed by atoms with Gasteiger partial charge < -0.3 is 4.74 Å². The van der Waals surface area contributed by atoms with Crippen molar-refractivity contribution in [3.63, 3.8) is 0 Å². The van der Waals surface area contributed by atoms with Crippen molar-refractivity contribution >= 4 is 32.8 Å². The lowest BCUT2D eigenvalue weighted by Crippen LogP contribution is -2.08. The third-order valence-electron chi connectivity index (χ3n) is 2.64. The summed E-state index contributed by atoms with van der Waals surface area (Å²) >= 11 is 3.46. The molecule has 0 bridgehead atoms. The number of carbonyl (C=O) groups is 1. The predicted octanol–water partition coefficient (Wildman–Crippen LogP) is 3.24. The van der Waals surface area contributed by atoms with E-state index in [1.807, 2.05) is 22.9 Å². The first kappa shape index (κ1) is 13.1. The molecule has 2 aromatic rings. The molecule has 0 unspecified atom stereocenters. The molecular formula is C13H15BrN2O2. The van der Waals surface area contributed by atoms with Crippen molar-refractivity contribution in [2.75, 3.05) is 7.11 Å². The second-order valence-electron chi connectivity index (χ2n) is 4.55. The molecule has 5 heteroatoms. The van der Waals surface area contributed by atoms with Crippen molar-refractivity contribution in [1.82, 2.24) is 9.78 Å². The molecule has 0 atom stereocenters. The molecule has 0 spiro atoms. The molecule has 18 heavy (non-hydrogen) atoms. The molecule has 0 radical (unpaired) electrons. The van der Waals surface area contributed by atoms with E-state index < -0.39 is 5.97 Å². The standard InChI is InChI=1S/C13H15BrN2O2/c1-8(2)7-16-10-6-4-5-9(14)11(10)12(15-16)13(17)18-3/h4-6,8H,7H2,1-3H3. The van der Waals surface area contributed by atoms with Crippen molar-refractivity contribution in [3.8, 4) is 0 Å². The maximum Gasteiger partial charge on any atom is 0.359 e. The van der Waals surface area contributed by atoms with Crippen LogP contribution in [-0.2, 0) is 11.3 Å². The van der Waals surface area contributed by atoms with Crippen LogP contribution >= 0.6 is 15.9 Å². The zero-order valence-corrected chi connectivity index (χ0v) is 12.2. The Bertz CT molecular complexity index is 590. The van der Waals surface area contributed by atoms with E-state index in [-0.39, 0.29) is 0 Å². The highest BCUT2D eigenvalue weighted by Crippen LogP contribution is 2.28. The minimum Gasteiger partial charge on any atom is -0.464 e. The molecule has 96 valence electrons. The van der Waals surface area contributed by atoms with E-state index in [1.54, 1.807) is 0 Å². The summed E-state index contributed by atoms with van der Waals surface area (Å²) < 4.78 is 7.50. The van der Waals surface area contributed by atoms with Crippen LogP contribution in [0.4, 0.5) is 0 Å². The Morgan fingerprint density at radius 3 is 2.83 bits per heavy atom. The second kappa shape index (κ2) is 5.10. The van der Waals surface area contributed by atoms with Gasteiger partial charge in [0.05, 0.1) is 12.6 Å². The summed E-state index contributed by atoms with van der Waals surface area (Å²) in [6, 6.07) is 5.80. The van der Waals surface area contributed by atoms with Crippen LogP contribution in [-0.4, -0.2) is 22.9 Å². The summed E-state index contributed by atoms with van der Waals surface area (Å²) in [5.41, 5.74) is 1.30. The number of carbonyl (C=O) groups excluding carboxylic acids is 1. The number of halogens is 1. The summed E-state index contributed by atoms with van der Waals surface area (Å²) in [4.78, 5) is 11.8. The second-order valence-corrected chi connectivity index (χ2v) is 5.40. The van der Waals surface area contributed by atoms with Crippen LogP contribution in [0.1, 0.15) is 24.3 Å². The molecule has 1 aromatic heterocycles. The number of rotatable bonds is 3. The number of esters is 1. The minimum atomic E-state index is -0.408. The number of benzene rings is 1. The Morgan fingerprint density at radius 2 is 2.22 bits per heavy atom. The molecule has 0 aliphatic carbocycles. The molecule has 0 fully saturated rings. The van der Waals surface area contributed by atoms with Gasteiger partial charge >= 0.3 is 5.97 Å². The van der Waals surface area contributed by atoms with E-state index >= 15 is 0 Å². The first-order chi connectivity index (χ1) is 8.54. The normalized spacial score (nSPS) is 11.2. The summed E-state index contributed by atoms with van der Waals surface area (Å²) in [7, 11) is 1.37. The monoisotopic (exact) mass is 310 g/mol. The molecule has 1 heterocycles. The molecule has 0 aliphatic rings. The molecule has 0 amide bonds. The maximum atomic E-state index is 11.8. The van der Waals surface area contributed by atoms with Crippen molar-refractivity contribution in [3.05, 3.63) is 28.4 Å². The lowest BCUT2D eigenvalue weighted by molar-refractivity contribution is 0.0595. The lowest BCUT2D eigenvalue weighted by Gasteiger charge is -2.06. The molecule has 1 aromatic carbocycles. The van der Waals surface area contributed by atoms with E-state index in [9.17, 15) is 4.79 Å². The van der Waals surface area contributed by atoms with E-state index in [1.165, 1.54) is 7.11 Å². The largest absolute Gasteiger partial charge is 0.464 e. The van der Waals surface area contributed by atoms with Crippen molar-refractivity contribution in [2.24, 2.45) is 5.92 Å². The summed E-state index contributed by atoms with van der Waals surface area (Å²) in [6.07, 6.45) is 0. The van der Waals surface area contributed by atoms with Crippen LogP contribution in [0.25, 0.3) is 10.9 Å². The number of aromatic nitrogens is 2. The van der Waals surface area contributed by atoms with Crippen LogP contribution in [0, 0.1) is 5.92 Å². The fraction of sp³-hybridized carbons (Fsp3) is 0.385. The topological polar surface area (TPSA) is 44.1 Å². The van der Waals surface area contributed by atoms with Gasteiger partial charge in [-0.05, 0) is 18.1 Å². The van der Waals surface area contributed by atoms with E-state index in [0.717, 1.165) is 21.9 Å². The third kappa shape index (κ3) is 2.27. The molecule has 0 N–H and O–H groups in total. The average molecular weight is 311 g/mol. The smallest absolute Gasteiger partial charge is 0.359 e. The van der Waals surface area contributed by atoms with Crippen molar-refractivity contribution < 1.29 is 9.53 Å². The van der Waals surface area contributed by atoms with Crippen LogP contribution in [0.2, 0.25) is 0 Å². The van der Waals surface area contributed by atoms with Crippen LogP contribution in [0.3, 0.4) is 0 Å². The van der Waals surface area contributed by atoms with Gasteiger partial charge in [0.25, 0.3) is 0 Å². The first-order valence-electron chi connectivity index (χ1n) is 5.78. The zero-order valence-electron chi connectivity index (χ0n) is 10.6. The Hall–Kier alpha value is -1.36. The number of hydrogen-bond donors (Lipinski definition) is 0. The number of methoxy groups -OCH3 is 1. The van der Waals surface area contributed by atoms with Gasteiger partial charge in [-0.1, -0.05) is 35.8 Å². The van der Waals surface area contributed by atoms with Crippen LogP contribution < -0.4 is 0 Å². The fourth-order valence-corrected chi connectivity index (χ4v) is 2.45. The van der Waals surface area contributed by atoms with Crippen molar-refractivity contribution in [1.29, 1.82) is 0 Å². The Morgan fingerprint density at radius 1 is 1.50 bits per heavy atom. The van der Waals surface area contributed by atoms with Gasteiger partial charge in [0.1, 0.15) is 0 Å². The maximum absolute atomic E-state index is 11.8. The van der Waals surface area contributed by atoms with Gasteiger partial charge in [-0.15, -0.1) is 0 Å². The highest BCUT2D eigenvalue weighted by molar-refractivity contribution is 9.10. The van der Waals surface area contributed by atoms with Crippen LogP contribution in [0.15, 0.2) is 22.7 Å². The third-order valence-corrected chi connectivity index (χ3v) is 3.30. The Labute approximate surface area is 114 Å². The van der Waals surface area contributed by atoms with Crippen LogP contribution in [0.5, 0.6) is 0 Å².